The van der Waals surface area contributed by atoms with E-state index < -0.39 is 29.7 Å². The van der Waals surface area contributed by atoms with Crippen LogP contribution in [-0.2, 0) is 15.8 Å². The minimum absolute atomic E-state index is 0.0650. The Morgan fingerprint density at radius 1 is 1.20 bits per heavy atom. The third kappa shape index (κ3) is 4.88. The first-order chi connectivity index (χ1) is 9.20. The van der Waals surface area contributed by atoms with Crippen LogP contribution in [-0.4, -0.2) is 29.6 Å². The maximum atomic E-state index is 12.3. The molecule has 5 nitrogen and oxygen atoms in total. The molecule has 110 valence electrons. The molecular formula is C12H13F3N2O3. The van der Waals surface area contributed by atoms with Crippen LogP contribution in [0, 0.1) is 0 Å². The Labute approximate surface area is 112 Å². The third-order valence-electron chi connectivity index (χ3n) is 2.23. The van der Waals surface area contributed by atoms with Crippen molar-refractivity contribution in [2.75, 3.05) is 11.9 Å². The van der Waals surface area contributed by atoms with E-state index in [1.807, 2.05) is 0 Å². The number of anilines is 1. The van der Waals surface area contributed by atoms with Crippen molar-refractivity contribution in [1.29, 1.82) is 0 Å². The summed E-state index contributed by atoms with van der Waals surface area (Å²) >= 11 is 0. The Bertz CT molecular complexity index is 484. The van der Waals surface area contributed by atoms with Crippen LogP contribution < -0.4 is 10.6 Å². The fraction of sp³-hybridized carbons (Fsp3) is 0.333. The van der Waals surface area contributed by atoms with Crippen LogP contribution in [0.2, 0.25) is 0 Å². The number of halogens is 3. The van der Waals surface area contributed by atoms with Crippen molar-refractivity contribution in [2.24, 2.45) is 0 Å². The van der Waals surface area contributed by atoms with E-state index in [9.17, 15) is 22.8 Å². The number of benzene rings is 1. The Balaban J connectivity index is 2.60. The molecule has 0 aliphatic heterocycles. The zero-order chi connectivity index (χ0) is 15.3. The summed E-state index contributed by atoms with van der Waals surface area (Å²) in [6.45, 7) is 1.33. The molecule has 8 heteroatoms. The number of rotatable bonds is 3. The van der Waals surface area contributed by atoms with Gasteiger partial charge in [0.15, 0.2) is 0 Å². The van der Waals surface area contributed by atoms with Crippen LogP contribution in [0.3, 0.4) is 0 Å². The lowest BCUT2D eigenvalue weighted by Crippen LogP contribution is -2.38. The summed E-state index contributed by atoms with van der Waals surface area (Å²) in [5.41, 5.74) is -0.788. The highest BCUT2D eigenvalue weighted by Gasteiger charge is 2.30. The van der Waals surface area contributed by atoms with E-state index in [4.69, 9.17) is 5.11 Å². The number of hydrogen-bond donors (Lipinski definition) is 3. The maximum absolute atomic E-state index is 12.3. The Kier molecular flexibility index (Phi) is 5.09. The summed E-state index contributed by atoms with van der Waals surface area (Å²) in [5.74, 6) is -2.00. The molecule has 0 aliphatic carbocycles. The molecule has 2 amide bonds. The van der Waals surface area contributed by atoms with Crippen molar-refractivity contribution in [1.82, 2.24) is 5.32 Å². The summed E-state index contributed by atoms with van der Waals surface area (Å²) in [6.07, 6.45) is -5.27. The number of amides is 2. The van der Waals surface area contributed by atoms with Crippen molar-refractivity contribution in [3.05, 3.63) is 29.8 Å². The summed E-state index contributed by atoms with van der Waals surface area (Å²) in [5, 5.41) is 13.2. The average molecular weight is 290 g/mol. The van der Waals surface area contributed by atoms with Gasteiger partial charge in [-0.2, -0.15) is 13.2 Å². The van der Waals surface area contributed by atoms with Crippen molar-refractivity contribution < 1.29 is 27.9 Å². The smallest absolute Gasteiger partial charge is 0.392 e. The topological polar surface area (TPSA) is 78.4 Å². The maximum Gasteiger partial charge on any atom is 0.416 e. The number of carbonyl (C=O) groups excluding carboxylic acids is 2. The average Bonchev–Trinajstić information content (AvgIpc) is 2.35. The van der Waals surface area contributed by atoms with Gasteiger partial charge in [0.25, 0.3) is 0 Å². The highest BCUT2D eigenvalue weighted by Crippen LogP contribution is 2.29. The molecule has 3 N–H and O–H groups in total. The zero-order valence-electron chi connectivity index (χ0n) is 10.5. The molecule has 0 spiro atoms. The molecule has 0 bridgehead atoms. The normalized spacial score (nSPS) is 12.7. The van der Waals surface area contributed by atoms with Crippen molar-refractivity contribution in [3.8, 4) is 0 Å². The Morgan fingerprint density at radius 3 is 2.20 bits per heavy atom. The first-order valence-corrected chi connectivity index (χ1v) is 5.64. The van der Waals surface area contributed by atoms with Gasteiger partial charge >= 0.3 is 18.0 Å². The van der Waals surface area contributed by atoms with Crippen LogP contribution in [0.5, 0.6) is 0 Å². The van der Waals surface area contributed by atoms with Gasteiger partial charge in [-0.1, -0.05) is 0 Å². The van der Waals surface area contributed by atoms with Gasteiger partial charge in [-0.25, -0.2) is 0 Å². The largest absolute Gasteiger partial charge is 0.416 e. The SMILES string of the molecule is C[C@H](O)CNC(=O)C(=O)Nc1ccc(C(F)(F)F)cc1. The molecule has 0 aliphatic rings. The second-order valence-electron chi connectivity index (χ2n) is 4.09. The Morgan fingerprint density at radius 2 is 1.75 bits per heavy atom. The van der Waals surface area contributed by atoms with E-state index >= 15 is 0 Å². The zero-order valence-corrected chi connectivity index (χ0v) is 10.5. The molecule has 1 rings (SSSR count). The van der Waals surface area contributed by atoms with Crippen LogP contribution in [0.25, 0.3) is 0 Å². The predicted octanol–water partition coefficient (Wildman–Crippen LogP) is 1.14. The number of aliphatic hydroxyl groups is 1. The molecule has 20 heavy (non-hydrogen) atoms. The molecule has 0 radical (unpaired) electrons. The monoisotopic (exact) mass is 290 g/mol. The van der Waals surface area contributed by atoms with Gasteiger partial charge in [0.05, 0.1) is 11.7 Å². The minimum atomic E-state index is -4.46. The highest BCUT2D eigenvalue weighted by atomic mass is 19.4. The summed E-state index contributed by atoms with van der Waals surface area (Å²) < 4.78 is 36.9. The first kappa shape index (κ1) is 16.0. The third-order valence-corrected chi connectivity index (χ3v) is 2.23. The van der Waals surface area contributed by atoms with E-state index in [-0.39, 0.29) is 12.2 Å². The van der Waals surface area contributed by atoms with E-state index in [1.54, 1.807) is 0 Å². The van der Waals surface area contributed by atoms with Gasteiger partial charge < -0.3 is 15.7 Å². The van der Waals surface area contributed by atoms with Gasteiger partial charge in [-0.3, -0.25) is 9.59 Å². The number of carbonyl (C=O) groups is 2. The van der Waals surface area contributed by atoms with Gasteiger partial charge in [0, 0.05) is 12.2 Å². The van der Waals surface area contributed by atoms with Gasteiger partial charge in [0.2, 0.25) is 0 Å². The summed E-state index contributed by atoms with van der Waals surface area (Å²) in [6, 6.07) is 3.68. The van der Waals surface area contributed by atoms with E-state index in [0.717, 1.165) is 24.3 Å². The van der Waals surface area contributed by atoms with Crippen LogP contribution in [0.15, 0.2) is 24.3 Å². The predicted molar refractivity (Wildman–Crippen MR) is 64.8 cm³/mol. The van der Waals surface area contributed by atoms with Crippen molar-refractivity contribution >= 4 is 17.5 Å². The summed E-state index contributed by atoms with van der Waals surface area (Å²) in [4.78, 5) is 22.6. The first-order valence-electron chi connectivity index (χ1n) is 5.64. The molecule has 0 unspecified atom stereocenters. The molecule has 1 atom stereocenters. The molecular weight excluding hydrogens is 277 g/mol. The van der Waals surface area contributed by atoms with Gasteiger partial charge in [0.1, 0.15) is 0 Å². The molecule has 0 fully saturated rings. The number of hydrogen-bond acceptors (Lipinski definition) is 3. The van der Waals surface area contributed by atoms with E-state index in [0.29, 0.717) is 0 Å². The van der Waals surface area contributed by atoms with Gasteiger partial charge in [-0.15, -0.1) is 0 Å². The standard InChI is InChI=1S/C12H13F3N2O3/c1-7(18)6-16-10(19)11(20)17-9-4-2-8(3-5-9)12(13,14)15/h2-5,7,18H,6H2,1H3,(H,16,19)(H,17,20)/t7-/m0/s1. The fourth-order valence-corrected chi connectivity index (χ4v) is 1.25. The highest BCUT2D eigenvalue weighted by molar-refractivity contribution is 6.39. The van der Waals surface area contributed by atoms with Crippen LogP contribution in [0.4, 0.5) is 18.9 Å². The lowest BCUT2D eigenvalue weighted by Gasteiger charge is -2.09. The second kappa shape index (κ2) is 6.38. The number of nitrogens with one attached hydrogen (secondary N) is 2. The molecule has 0 saturated carbocycles. The number of alkyl halides is 3. The second-order valence-corrected chi connectivity index (χ2v) is 4.09. The van der Waals surface area contributed by atoms with E-state index in [1.165, 1.54) is 6.92 Å². The minimum Gasteiger partial charge on any atom is -0.392 e. The molecule has 0 saturated heterocycles. The Hall–Kier alpha value is -2.09. The lowest BCUT2D eigenvalue weighted by molar-refractivity contribution is -0.137. The van der Waals surface area contributed by atoms with E-state index in [2.05, 4.69) is 10.6 Å². The lowest BCUT2D eigenvalue weighted by atomic mass is 10.2. The van der Waals surface area contributed by atoms with Crippen LogP contribution >= 0.6 is 0 Å². The van der Waals surface area contributed by atoms with Crippen molar-refractivity contribution in [2.45, 2.75) is 19.2 Å². The summed E-state index contributed by atoms with van der Waals surface area (Å²) in [7, 11) is 0. The molecule has 1 aromatic rings. The van der Waals surface area contributed by atoms with Crippen LogP contribution in [0.1, 0.15) is 12.5 Å². The molecule has 1 aromatic carbocycles. The fourth-order valence-electron chi connectivity index (χ4n) is 1.25. The molecule has 0 heterocycles. The quantitative estimate of drug-likeness (QED) is 0.730. The number of aliphatic hydroxyl groups excluding tert-OH is 1. The molecule has 0 aromatic heterocycles. The van der Waals surface area contributed by atoms with Gasteiger partial charge in [-0.05, 0) is 31.2 Å². The van der Waals surface area contributed by atoms with Crippen molar-refractivity contribution in [3.63, 3.8) is 0 Å².